The first-order valence-corrected chi connectivity index (χ1v) is 7.52. The second-order valence-electron chi connectivity index (χ2n) is 4.32. The molecule has 6 nitrogen and oxygen atoms in total. The van der Waals surface area contributed by atoms with Crippen molar-refractivity contribution in [3.05, 3.63) is 47.3 Å². The first kappa shape index (κ1) is 14.1. The lowest BCUT2D eigenvalue weighted by atomic mass is 10.1. The fourth-order valence-corrected chi connectivity index (χ4v) is 2.77. The van der Waals surface area contributed by atoms with Crippen molar-refractivity contribution < 1.29 is 12.9 Å². The van der Waals surface area contributed by atoms with Gasteiger partial charge in [-0.25, -0.2) is 8.42 Å². The summed E-state index contributed by atoms with van der Waals surface area (Å²) in [6, 6.07) is 10.3. The minimum atomic E-state index is -3.54. The van der Waals surface area contributed by atoms with Crippen molar-refractivity contribution in [1.82, 2.24) is 5.16 Å². The molecule has 1 heterocycles. The zero-order valence-electron chi connectivity index (χ0n) is 10.8. The number of hydrogen-bond donors (Lipinski definition) is 1. The van der Waals surface area contributed by atoms with Gasteiger partial charge in [0.2, 0.25) is 10.0 Å². The Labute approximate surface area is 117 Å². The maximum atomic E-state index is 11.9. The van der Waals surface area contributed by atoms with Crippen LogP contribution >= 0.6 is 0 Å². The number of hydrogen-bond acceptors (Lipinski definition) is 5. The number of rotatable bonds is 5. The molecule has 0 radical (unpaired) electrons. The van der Waals surface area contributed by atoms with Crippen molar-refractivity contribution in [2.24, 2.45) is 0 Å². The summed E-state index contributed by atoms with van der Waals surface area (Å²) in [6.45, 7) is 1.70. The molecule has 0 aliphatic heterocycles. The molecule has 0 fully saturated rings. The zero-order chi connectivity index (χ0) is 14.6. The van der Waals surface area contributed by atoms with E-state index in [0.717, 1.165) is 5.56 Å². The summed E-state index contributed by atoms with van der Waals surface area (Å²) in [4.78, 5) is 0. The molecular formula is C13H13N3O3S. The molecule has 1 N–H and O–H groups in total. The van der Waals surface area contributed by atoms with Crippen molar-refractivity contribution >= 4 is 15.7 Å². The zero-order valence-corrected chi connectivity index (χ0v) is 11.6. The van der Waals surface area contributed by atoms with E-state index in [9.17, 15) is 8.42 Å². The summed E-state index contributed by atoms with van der Waals surface area (Å²) < 4.78 is 31.2. The van der Waals surface area contributed by atoms with Crippen LogP contribution in [0.3, 0.4) is 0 Å². The van der Waals surface area contributed by atoms with E-state index in [0.29, 0.717) is 23.6 Å². The van der Waals surface area contributed by atoms with E-state index in [1.54, 1.807) is 37.3 Å². The second-order valence-corrected chi connectivity index (χ2v) is 6.04. The average molecular weight is 291 g/mol. The monoisotopic (exact) mass is 291 g/mol. The molecule has 2 rings (SSSR count). The molecule has 0 amide bonds. The highest BCUT2D eigenvalue weighted by molar-refractivity contribution is 7.91. The van der Waals surface area contributed by atoms with E-state index in [2.05, 4.69) is 9.88 Å². The van der Waals surface area contributed by atoms with Gasteiger partial charge in [-0.2, -0.15) is 5.26 Å². The van der Waals surface area contributed by atoms with Crippen molar-refractivity contribution in [2.75, 3.05) is 4.72 Å². The van der Waals surface area contributed by atoms with E-state index in [4.69, 9.17) is 9.78 Å². The Hall–Kier alpha value is -2.33. The molecule has 2 aromatic rings. The fourth-order valence-electron chi connectivity index (χ4n) is 1.68. The van der Waals surface area contributed by atoms with Crippen molar-refractivity contribution in [3.63, 3.8) is 0 Å². The smallest absolute Gasteiger partial charge is 0.238 e. The molecular weight excluding hydrogens is 278 g/mol. The Morgan fingerprint density at radius 2 is 2.05 bits per heavy atom. The summed E-state index contributed by atoms with van der Waals surface area (Å²) >= 11 is 0. The highest BCUT2D eigenvalue weighted by atomic mass is 32.2. The molecule has 0 atom stereocenters. The summed E-state index contributed by atoms with van der Waals surface area (Å²) in [5.74, 6) is 0.320. The van der Waals surface area contributed by atoms with E-state index in [1.807, 2.05) is 6.07 Å². The number of nitrogens with zero attached hydrogens (tertiary/aromatic N) is 2. The maximum Gasteiger partial charge on any atom is 0.238 e. The third-order valence-corrected chi connectivity index (χ3v) is 3.75. The predicted octanol–water partition coefficient (Wildman–Crippen LogP) is 1.99. The van der Waals surface area contributed by atoms with Gasteiger partial charge in [-0.05, 0) is 24.6 Å². The number of nitriles is 1. The van der Waals surface area contributed by atoms with Gasteiger partial charge in [0.1, 0.15) is 17.2 Å². The van der Waals surface area contributed by atoms with Crippen LogP contribution in [0.4, 0.5) is 5.69 Å². The SMILES string of the molecule is Cc1cc(CS(=O)(=O)Nc2ccc(CC#N)cc2)no1. The van der Waals surface area contributed by atoms with Crippen LogP contribution in [0, 0.1) is 18.3 Å². The van der Waals surface area contributed by atoms with Crippen LogP contribution in [0.2, 0.25) is 0 Å². The molecule has 0 bridgehead atoms. The van der Waals surface area contributed by atoms with Crippen LogP contribution in [0.1, 0.15) is 17.0 Å². The van der Waals surface area contributed by atoms with Crippen molar-refractivity contribution in [3.8, 4) is 6.07 Å². The van der Waals surface area contributed by atoms with Crippen LogP contribution in [-0.4, -0.2) is 13.6 Å². The van der Waals surface area contributed by atoms with Crippen molar-refractivity contribution in [1.29, 1.82) is 5.26 Å². The van der Waals surface area contributed by atoms with Gasteiger partial charge >= 0.3 is 0 Å². The third-order valence-electron chi connectivity index (χ3n) is 2.53. The minimum Gasteiger partial charge on any atom is -0.361 e. The van der Waals surface area contributed by atoms with Gasteiger partial charge in [-0.3, -0.25) is 4.72 Å². The molecule has 104 valence electrons. The summed E-state index contributed by atoms with van der Waals surface area (Å²) in [5, 5.41) is 12.2. The lowest BCUT2D eigenvalue weighted by molar-refractivity contribution is 0.392. The lowest BCUT2D eigenvalue weighted by Gasteiger charge is -2.06. The van der Waals surface area contributed by atoms with Crippen LogP contribution < -0.4 is 4.72 Å². The number of anilines is 1. The number of nitrogens with one attached hydrogen (secondary N) is 1. The van der Waals surface area contributed by atoms with Crippen LogP contribution in [0.25, 0.3) is 0 Å². The molecule has 1 aromatic heterocycles. The molecule has 0 saturated carbocycles. The van der Waals surface area contributed by atoms with E-state index in [-0.39, 0.29) is 5.75 Å². The van der Waals surface area contributed by atoms with Gasteiger partial charge in [0, 0.05) is 11.8 Å². The lowest BCUT2D eigenvalue weighted by Crippen LogP contribution is -2.15. The quantitative estimate of drug-likeness (QED) is 0.908. The standard InChI is InChI=1S/C13H13N3O3S/c1-10-8-13(15-19-10)9-20(17,18)16-12-4-2-11(3-5-12)6-7-14/h2-5,8,16H,6,9H2,1H3. The third kappa shape index (κ3) is 3.83. The Kier molecular flexibility index (Phi) is 4.05. The number of sulfonamides is 1. The Bertz CT molecular complexity index is 727. The van der Waals surface area contributed by atoms with E-state index >= 15 is 0 Å². The Balaban J connectivity index is 2.06. The van der Waals surface area contributed by atoms with Gasteiger partial charge < -0.3 is 4.52 Å². The first-order chi connectivity index (χ1) is 9.48. The Morgan fingerprint density at radius 1 is 1.35 bits per heavy atom. The van der Waals surface area contributed by atoms with Crippen molar-refractivity contribution in [2.45, 2.75) is 19.1 Å². The van der Waals surface area contributed by atoms with Gasteiger partial charge in [0.25, 0.3) is 0 Å². The van der Waals surface area contributed by atoms with Gasteiger partial charge in [0.15, 0.2) is 0 Å². The molecule has 1 aromatic carbocycles. The highest BCUT2D eigenvalue weighted by Crippen LogP contribution is 2.14. The van der Waals surface area contributed by atoms with E-state index in [1.165, 1.54) is 0 Å². The Morgan fingerprint density at radius 3 is 2.60 bits per heavy atom. The van der Waals surface area contributed by atoms with Crippen LogP contribution in [-0.2, 0) is 22.2 Å². The van der Waals surface area contributed by atoms with Crippen LogP contribution in [0.5, 0.6) is 0 Å². The largest absolute Gasteiger partial charge is 0.361 e. The van der Waals surface area contributed by atoms with E-state index < -0.39 is 10.0 Å². The first-order valence-electron chi connectivity index (χ1n) is 5.87. The molecule has 0 aliphatic rings. The molecule has 0 aliphatic carbocycles. The normalized spacial score (nSPS) is 11.0. The number of benzene rings is 1. The number of aryl methyl sites for hydroxylation is 1. The minimum absolute atomic E-state index is 0.246. The van der Waals surface area contributed by atoms with Gasteiger partial charge in [0.05, 0.1) is 12.5 Å². The second kappa shape index (κ2) is 5.75. The number of aromatic nitrogens is 1. The fraction of sp³-hybridized carbons (Fsp3) is 0.231. The topological polar surface area (TPSA) is 96.0 Å². The highest BCUT2D eigenvalue weighted by Gasteiger charge is 2.14. The summed E-state index contributed by atoms with van der Waals surface area (Å²) in [5.41, 5.74) is 1.64. The average Bonchev–Trinajstić information content (AvgIpc) is 2.76. The molecule has 0 unspecified atom stereocenters. The van der Waals surface area contributed by atoms with Gasteiger partial charge in [-0.15, -0.1) is 0 Å². The summed E-state index contributed by atoms with van der Waals surface area (Å²) in [6.07, 6.45) is 0.297. The van der Waals surface area contributed by atoms with Gasteiger partial charge in [-0.1, -0.05) is 17.3 Å². The van der Waals surface area contributed by atoms with Crippen LogP contribution in [0.15, 0.2) is 34.9 Å². The molecule has 7 heteroatoms. The summed E-state index contributed by atoms with van der Waals surface area (Å²) in [7, 11) is -3.54. The molecule has 20 heavy (non-hydrogen) atoms. The molecule has 0 spiro atoms. The molecule has 0 saturated heterocycles. The maximum absolute atomic E-state index is 11.9. The predicted molar refractivity (Wildman–Crippen MR) is 73.2 cm³/mol.